The third kappa shape index (κ3) is 5.33. The first-order valence-corrected chi connectivity index (χ1v) is 8.09. The predicted molar refractivity (Wildman–Crippen MR) is 102 cm³/mol. The molecule has 0 aliphatic carbocycles. The Morgan fingerprint density at radius 3 is 2.24 bits per heavy atom. The first kappa shape index (κ1) is 18.5. The summed E-state index contributed by atoms with van der Waals surface area (Å²) in [6, 6.07) is 18.1. The summed E-state index contributed by atoms with van der Waals surface area (Å²) in [5.74, 6) is -0.960. The molecule has 3 aromatic rings. The summed E-state index contributed by atoms with van der Waals surface area (Å²) >= 11 is 6.03. The van der Waals surface area contributed by atoms with E-state index in [1.54, 1.807) is 36.5 Å². The van der Waals surface area contributed by atoms with Gasteiger partial charge in [0.1, 0.15) is 0 Å². The standard InChI is InChI=1S/C14H12ClNO2.C6H7N/c1-9-11(15)6-4-8-12(9)16-13-7-3-2-5-10(13)14(17)18;1-6-4-2-3-5-7-6/h2-8,16H,1H3,(H,17,18);2-5H,1H3. The number of nitrogens with zero attached hydrogens (tertiary/aromatic N) is 1. The van der Waals surface area contributed by atoms with Crippen LogP contribution < -0.4 is 5.32 Å². The molecule has 0 aliphatic rings. The molecule has 0 unspecified atom stereocenters. The van der Waals surface area contributed by atoms with Crippen molar-refractivity contribution in [1.82, 2.24) is 4.98 Å². The first-order chi connectivity index (χ1) is 12.0. The number of aromatic nitrogens is 1. The van der Waals surface area contributed by atoms with Crippen LogP contribution in [0.4, 0.5) is 11.4 Å². The van der Waals surface area contributed by atoms with Crippen LogP contribution in [-0.4, -0.2) is 16.1 Å². The van der Waals surface area contributed by atoms with Gasteiger partial charge in [0.25, 0.3) is 0 Å². The van der Waals surface area contributed by atoms with Gasteiger partial charge in [0.2, 0.25) is 0 Å². The minimum atomic E-state index is -0.960. The number of halogens is 1. The average molecular weight is 355 g/mol. The van der Waals surface area contributed by atoms with Gasteiger partial charge < -0.3 is 10.4 Å². The van der Waals surface area contributed by atoms with Gasteiger partial charge in [-0.3, -0.25) is 4.98 Å². The van der Waals surface area contributed by atoms with Crippen LogP contribution in [0.1, 0.15) is 21.6 Å². The third-order valence-corrected chi connectivity index (χ3v) is 3.92. The number of nitrogens with one attached hydrogen (secondary N) is 1. The second-order valence-electron chi connectivity index (χ2n) is 5.36. The van der Waals surface area contributed by atoms with Crippen molar-refractivity contribution < 1.29 is 9.90 Å². The van der Waals surface area contributed by atoms with E-state index in [9.17, 15) is 4.79 Å². The summed E-state index contributed by atoms with van der Waals surface area (Å²) in [6.45, 7) is 3.86. The second-order valence-corrected chi connectivity index (χ2v) is 5.77. The molecule has 25 heavy (non-hydrogen) atoms. The maximum absolute atomic E-state index is 11.1. The van der Waals surface area contributed by atoms with E-state index in [0.29, 0.717) is 10.7 Å². The third-order valence-electron chi connectivity index (χ3n) is 3.51. The van der Waals surface area contributed by atoms with Crippen molar-refractivity contribution in [2.45, 2.75) is 13.8 Å². The minimum Gasteiger partial charge on any atom is -0.478 e. The molecule has 0 saturated heterocycles. The van der Waals surface area contributed by atoms with E-state index in [2.05, 4.69) is 10.3 Å². The van der Waals surface area contributed by atoms with E-state index in [4.69, 9.17) is 16.7 Å². The Hall–Kier alpha value is -2.85. The summed E-state index contributed by atoms with van der Waals surface area (Å²) in [4.78, 5) is 15.1. The van der Waals surface area contributed by atoms with Crippen molar-refractivity contribution in [3.63, 3.8) is 0 Å². The van der Waals surface area contributed by atoms with Crippen LogP contribution in [-0.2, 0) is 0 Å². The number of carboxylic acid groups (broad SMARTS) is 1. The monoisotopic (exact) mass is 354 g/mol. The van der Waals surface area contributed by atoms with Gasteiger partial charge in [0.15, 0.2) is 0 Å². The number of hydrogen-bond acceptors (Lipinski definition) is 3. The molecular formula is C20H19ClN2O2. The summed E-state index contributed by atoms with van der Waals surface area (Å²) in [5.41, 5.74) is 3.55. The molecule has 0 bridgehead atoms. The fourth-order valence-electron chi connectivity index (χ4n) is 2.11. The van der Waals surface area contributed by atoms with Crippen LogP contribution in [0.3, 0.4) is 0 Å². The van der Waals surface area contributed by atoms with Crippen molar-refractivity contribution in [3.05, 3.63) is 88.7 Å². The first-order valence-electron chi connectivity index (χ1n) is 7.71. The molecule has 1 heterocycles. The van der Waals surface area contributed by atoms with Gasteiger partial charge in [-0.15, -0.1) is 0 Å². The predicted octanol–water partition coefficient (Wildman–Crippen LogP) is 5.48. The lowest BCUT2D eigenvalue weighted by Crippen LogP contribution is -2.03. The number of anilines is 2. The summed E-state index contributed by atoms with van der Waals surface area (Å²) < 4.78 is 0. The average Bonchev–Trinajstić information content (AvgIpc) is 2.60. The fourth-order valence-corrected chi connectivity index (χ4v) is 2.29. The Morgan fingerprint density at radius 1 is 0.960 bits per heavy atom. The lowest BCUT2D eigenvalue weighted by molar-refractivity contribution is 0.0698. The van der Waals surface area contributed by atoms with E-state index < -0.39 is 5.97 Å². The molecule has 3 rings (SSSR count). The zero-order chi connectivity index (χ0) is 18.2. The molecule has 2 aromatic carbocycles. The second kappa shape index (κ2) is 8.85. The Morgan fingerprint density at radius 2 is 1.64 bits per heavy atom. The highest BCUT2D eigenvalue weighted by atomic mass is 35.5. The molecule has 0 fully saturated rings. The Balaban J connectivity index is 0.000000269. The number of rotatable bonds is 3. The lowest BCUT2D eigenvalue weighted by Gasteiger charge is -2.12. The minimum absolute atomic E-state index is 0.233. The summed E-state index contributed by atoms with van der Waals surface area (Å²) in [6.07, 6.45) is 1.79. The van der Waals surface area contributed by atoms with Crippen LogP contribution in [0, 0.1) is 13.8 Å². The van der Waals surface area contributed by atoms with Gasteiger partial charge >= 0.3 is 5.97 Å². The van der Waals surface area contributed by atoms with Crippen molar-refractivity contribution in [3.8, 4) is 0 Å². The molecule has 128 valence electrons. The highest BCUT2D eigenvalue weighted by molar-refractivity contribution is 6.31. The fraction of sp³-hybridized carbons (Fsp3) is 0.100. The van der Waals surface area contributed by atoms with Crippen molar-refractivity contribution in [1.29, 1.82) is 0 Å². The number of carbonyl (C=O) groups is 1. The highest BCUT2D eigenvalue weighted by Gasteiger charge is 2.10. The molecule has 0 saturated carbocycles. The van der Waals surface area contributed by atoms with Gasteiger partial charge in [0, 0.05) is 22.6 Å². The quantitative estimate of drug-likeness (QED) is 0.653. The Labute approximate surface area is 152 Å². The van der Waals surface area contributed by atoms with E-state index in [1.165, 1.54) is 0 Å². The van der Waals surface area contributed by atoms with Gasteiger partial charge in [-0.25, -0.2) is 4.79 Å². The number of benzene rings is 2. The van der Waals surface area contributed by atoms with Crippen molar-refractivity contribution >= 4 is 28.9 Å². The van der Waals surface area contributed by atoms with Crippen LogP contribution in [0.2, 0.25) is 5.02 Å². The van der Waals surface area contributed by atoms with Crippen LogP contribution in [0.15, 0.2) is 66.9 Å². The molecule has 0 atom stereocenters. The van der Waals surface area contributed by atoms with E-state index in [0.717, 1.165) is 16.9 Å². The van der Waals surface area contributed by atoms with Crippen LogP contribution >= 0.6 is 11.6 Å². The zero-order valence-corrected chi connectivity index (χ0v) is 14.8. The summed E-state index contributed by atoms with van der Waals surface area (Å²) in [5, 5.41) is 12.8. The molecular weight excluding hydrogens is 336 g/mol. The lowest BCUT2D eigenvalue weighted by atomic mass is 10.1. The van der Waals surface area contributed by atoms with E-state index >= 15 is 0 Å². The van der Waals surface area contributed by atoms with Crippen LogP contribution in [0.25, 0.3) is 0 Å². The van der Waals surface area contributed by atoms with E-state index in [1.807, 2.05) is 44.2 Å². The normalized spacial score (nSPS) is 9.72. The molecule has 0 amide bonds. The van der Waals surface area contributed by atoms with Gasteiger partial charge in [-0.2, -0.15) is 0 Å². The number of hydrogen-bond donors (Lipinski definition) is 2. The van der Waals surface area contributed by atoms with Crippen molar-refractivity contribution in [2.24, 2.45) is 0 Å². The topological polar surface area (TPSA) is 62.2 Å². The number of aryl methyl sites for hydroxylation is 1. The molecule has 4 nitrogen and oxygen atoms in total. The van der Waals surface area contributed by atoms with Crippen LogP contribution in [0.5, 0.6) is 0 Å². The largest absolute Gasteiger partial charge is 0.478 e. The maximum atomic E-state index is 11.1. The SMILES string of the molecule is Cc1c(Cl)cccc1Nc1ccccc1C(=O)O.Cc1ccccn1. The highest BCUT2D eigenvalue weighted by Crippen LogP contribution is 2.27. The Bertz CT molecular complexity index is 851. The molecule has 0 spiro atoms. The number of pyridine rings is 1. The molecule has 0 radical (unpaired) electrons. The molecule has 1 aromatic heterocycles. The Kier molecular flexibility index (Phi) is 6.54. The van der Waals surface area contributed by atoms with Crippen molar-refractivity contribution in [2.75, 3.05) is 5.32 Å². The van der Waals surface area contributed by atoms with Gasteiger partial charge in [-0.1, -0.05) is 35.9 Å². The summed E-state index contributed by atoms with van der Waals surface area (Å²) in [7, 11) is 0. The van der Waals surface area contributed by atoms with Gasteiger partial charge in [-0.05, 0) is 55.8 Å². The van der Waals surface area contributed by atoms with E-state index in [-0.39, 0.29) is 5.56 Å². The zero-order valence-electron chi connectivity index (χ0n) is 14.0. The number of para-hydroxylation sites is 1. The maximum Gasteiger partial charge on any atom is 0.337 e. The smallest absolute Gasteiger partial charge is 0.337 e. The number of carboxylic acids is 1. The molecule has 5 heteroatoms. The molecule has 0 aliphatic heterocycles. The number of aromatic carboxylic acids is 1. The van der Waals surface area contributed by atoms with Gasteiger partial charge in [0.05, 0.1) is 11.3 Å². The molecule has 2 N–H and O–H groups in total.